The van der Waals surface area contributed by atoms with E-state index in [-0.39, 0.29) is 11.3 Å². The third kappa shape index (κ3) is 3.63. The summed E-state index contributed by atoms with van der Waals surface area (Å²) in [6.45, 7) is 2.10. The molecule has 0 atom stereocenters. The molecule has 2 aliphatic rings. The number of hydrogen-bond donors (Lipinski definition) is 2. The van der Waals surface area contributed by atoms with Gasteiger partial charge in [0.25, 0.3) is 0 Å². The largest absolute Gasteiger partial charge is 0.377 e. The number of ether oxygens (including phenoxy) is 1. The van der Waals surface area contributed by atoms with Gasteiger partial charge in [0.1, 0.15) is 11.6 Å². The van der Waals surface area contributed by atoms with Gasteiger partial charge in [0.2, 0.25) is 0 Å². The molecule has 1 aliphatic heterocycles. The molecular formula is C21H25N5O3S. The number of aromatic nitrogens is 3. The molecule has 2 fully saturated rings. The molecule has 3 aromatic heterocycles. The summed E-state index contributed by atoms with van der Waals surface area (Å²) >= 11 is 0. The molecule has 8 nitrogen and oxygen atoms in total. The first-order valence-corrected chi connectivity index (χ1v) is 12.1. The van der Waals surface area contributed by atoms with Crippen LogP contribution >= 0.6 is 0 Å². The van der Waals surface area contributed by atoms with Crippen molar-refractivity contribution in [3.8, 4) is 11.4 Å². The van der Waals surface area contributed by atoms with Crippen molar-refractivity contribution in [3.63, 3.8) is 0 Å². The molecule has 9 heteroatoms. The van der Waals surface area contributed by atoms with E-state index in [1.807, 2.05) is 37.4 Å². The maximum atomic E-state index is 12.0. The van der Waals surface area contributed by atoms with E-state index >= 15 is 0 Å². The Balaban J connectivity index is 1.61. The fourth-order valence-corrected chi connectivity index (χ4v) is 4.93. The molecule has 5 rings (SSSR count). The molecule has 1 aliphatic carbocycles. The summed E-state index contributed by atoms with van der Waals surface area (Å²) in [4.78, 5) is 15.2. The second-order valence-electron chi connectivity index (χ2n) is 8.28. The Morgan fingerprint density at radius 2 is 2.03 bits per heavy atom. The molecule has 4 heterocycles. The molecule has 158 valence electrons. The lowest BCUT2D eigenvalue weighted by Gasteiger charge is -2.37. The van der Waals surface area contributed by atoms with E-state index in [1.165, 1.54) is 6.26 Å². The lowest BCUT2D eigenvalue weighted by Crippen LogP contribution is -2.48. The van der Waals surface area contributed by atoms with Gasteiger partial charge in [0, 0.05) is 25.9 Å². The van der Waals surface area contributed by atoms with Gasteiger partial charge in [-0.25, -0.2) is 18.4 Å². The van der Waals surface area contributed by atoms with Crippen LogP contribution < -0.4 is 10.2 Å². The van der Waals surface area contributed by atoms with Crippen LogP contribution in [0.1, 0.15) is 18.4 Å². The van der Waals surface area contributed by atoms with Gasteiger partial charge < -0.3 is 19.9 Å². The SMILES string of the molecule is CNc1cc2nc(-c3cc(CS(C)(=O)=O)cc(N4CCOCC45CC5)n3)ccc2[nH]1. The number of pyridine rings is 2. The van der Waals surface area contributed by atoms with Gasteiger partial charge in [-0.3, -0.25) is 0 Å². The zero-order valence-electron chi connectivity index (χ0n) is 17.1. The number of morpholine rings is 1. The third-order valence-corrected chi connectivity index (χ3v) is 6.67. The van der Waals surface area contributed by atoms with E-state index in [0.717, 1.165) is 53.3 Å². The van der Waals surface area contributed by atoms with Gasteiger partial charge in [0.15, 0.2) is 9.84 Å². The summed E-state index contributed by atoms with van der Waals surface area (Å²) in [5, 5.41) is 3.08. The highest BCUT2D eigenvalue weighted by molar-refractivity contribution is 7.89. The van der Waals surface area contributed by atoms with Crippen LogP contribution in [0.15, 0.2) is 30.3 Å². The number of aromatic amines is 1. The number of nitrogens with zero attached hydrogens (tertiary/aromatic N) is 3. The first-order chi connectivity index (χ1) is 14.4. The molecule has 0 radical (unpaired) electrons. The maximum absolute atomic E-state index is 12.0. The van der Waals surface area contributed by atoms with Crippen LogP contribution in [0.3, 0.4) is 0 Å². The maximum Gasteiger partial charge on any atom is 0.151 e. The van der Waals surface area contributed by atoms with E-state index < -0.39 is 9.84 Å². The highest BCUT2D eigenvalue weighted by Gasteiger charge is 2.50. The average Bonchev–Trinajstić information content (AvgIpc) is 3.33. The molecule has 3 aromatic rings. The van der Waals surface area contributed by atoms with Crippen LogP contribution in [0.25, 0.3) is 22.4 Å². The molecule has 0 aromatic carbocycles. The Bertz CT molecular complexity index is 1220. The Kier molecular flexibility index (Phi) is 4.48. The minimum absolute atomic E-state index is 0.00590. The second kappa shape index (κ2) is 6.95. The Morgan fingerprint density at radius 1 is 1.20 bits per heavy atom. The van der Waals surface area contributed by atoms with Gasteiger partial charge in [-0.1, -0.05) is 0 Å². The number of H-pyrrole nitrogens is 1. The molecule has 2 N–H and O–H groups in total. The summed E-state index contributed by atoms with van der Waals surface area (Å²) in [6.07, 6.45) is 3.40. The average molecular weight is 428 g/mol. The van der Waals surface area contributed by atoms with Crippen molar-refractivity contribution in [2.24, 2.45) is 0 Å². The number of rotatable bonds is 5. The summed E-state index contributed by atoms with van der Waals surface area (Å²) in [6, 6.07) is 9.58. The zero-order valence-corrected chi connectivity index (χ0v) is 17.9. The first kappa shape index (κ1) is 19.3. The standard InChI is InChI=1S/C21H25N5O3S/c1-22-19-11-18-16(24-19)4-3-15(23-18)17-9-14(12-30(2,27)28)10-20(25-17)26-7-8-29-13-21(26)5-6-21/h3-4,9-11,22,24H,5-8,12-13H2,1-2H3. The number of sulfone groups is 1. The fraction of sp³-hybridized carbons (Fsp3) is 0.429. The number of fused-ring (bicyclic) bond motifs is 1. The normalized spacial score (nSPS) is 18.1. The van der Waals surface area contributed by atoms with Crippen molar-refractivity contribution in [3.05, 3.63) is 35.9 Å². The minimum atomic E-state index is -3.18. The van der Waals surface area contributed by atoms with Crippen LogP contribution in [0.4, 0.5) is 11.6 Å². The Labute approximate surface area is 175 Å². The summed E-state index contributed by atoms with van der Waals surface area (Å²) in [5.74, 6) is 1.67. The van der Waals surface area contributed by atoms with Crippen LogP contribution in [-0.4, -0.2) is 62.0 Å². The quantitative estimate of drug-likeness (QED) is 0.645. The van der Waals surface area contributed by atoms with Gasteiger partial charge >= 0.3 is 0 Å². The van der Waals surface area contributed by atoms with Crippen LogP contribution in [0.5, 0.6) is 0 Å². The predicted molar refractivity (Wildman–Crippen MR) is 118 cm³/mol. The first-order valence-electron chi connectivity index (χ1n) is 10.1. The molecule has 1 spiro atoms. The van der Waals surface area contributed by atoms with Crippen molar-refractivity contribution in [1.29, 1.82) is 0 Å². The highest BCUT2D eigenvalue weighted by atomic mass is 32.2. The van der Waals surface area contributed by atoms with Gasteiger partial charge in [-0.2, -0.15) is 0 Å². The van der Waals surface area contributed by atoms with Gasteiger partial charge in [0.05, 0.1) is 46.9 Å². The number of nitrogens with one attached hydrogen (secondary N) is 2. The predicted octanol–water partition coefficient (Wildman–Crippen LogP) is 2.58. The summed E-state index contributed by atoms with van der Waals surface area (Å²) in [5.41, 5.74) is 3.90. The van der Waals surface area contributed by atoms with E-state index in [0.29, 0.717) is 18.9 Å². The number of anilines is 2. The van der Waals surface area contributed by atoms with Gasteiger partial charge in [-0.15, -0.1) is 0 Å². The van der Waals surface area contributed by atoms with Crippen LogP contribution in [0.2, 0.25) is 0 Å². The van der Waals surface area contributed by atoms with Crippen molar-refractivity contribution in [2.75, 3.05) is 43.3 Å². The van der Waals surface area contributed by atoms with E-state index in [1.54, 1.807) is 0 Å². The monoisotopic (exact) mass is 427 g/mol. The second-order valence-corrected chi connectivity index (χ2v) is 10.4. The van der Waals surface area contributed by atoms with Crippen molar-refractivity contribution >= 4 is 32.5 Å². The van der Waals surface area contributed by atoms with Gasteiger partial charge in [-0.05, 0) is 42.7 Å². The molecule has 1 saturated heterocycles. The topological polar surface area (TPSA) is 100 Å². The molecule has 0 unspecified atom stereocenters. The van der Waals surface area contributed by atoms with Crippen molar-refractivity contribution in [1.82, 2.24) is 15.0 Å². The molecule has 0 bridgehead atoms. The molecule has 0 amide bonds. The van der Waals surface area contributed by atoms with E-state index in [4.69, 9.17) is 14.7 Å². The highest BCUT2D eigenvalue weighted by Crippen LogP contribution is 2.45. The Hall–Kier alpha value is -2.65. The fourth-order valence-electron chi connectivity index (χ4n) is 4.16. The lowest BCUT2D eigenvalue weighted by molar-refractivity contribution is 0.0860. The lowest BCUT2D eigenvalue weighted by atomic mass is 10.1. The van der Waals surface area contributed by atoms with Crippen LogP contribution in [-0.2, 0) is 20.3 Å². The minimum Gasteiger partial charge on any atom is -0.377 e. The summed E-state index contributed by atoms with van der Waals surface area (Å²) in [7, 11) is -1.32. The van der Waals surface area contributed by atoms with Crippen LogP contribution in [0, 0.1) is 0 Å². The van der Waals surface area contributed by atoms with E-state index in [2.05, 4.69) is 15.2 Å². The Morgan fingerprint density at radius 3 is 2.77 bits per heavy atom. The third-order valence-electron chi connectivity index (χ3n) is 5.81. The number of hydrogen-bond acceptors (Lipinski definition) is 7. The molecular weight excluding hydrogens is 402 g/mol. The van der Waals surface area contributed by atoms with Crippen molar-refractivity contribution < 1.29 is 13.2 Å². The summed E-state index contributed by atoms with van der Waals surface area (Å²) < 4.78 is 29.7. The molecule has 30 heavy (non-hydrogen) atoms. The van der Waals surface area contributed by atoms with E-state index in [9.17, 15) is 8.42 Å². The smallest absolute Gasteiger partial charge is 0.151 e. The van der Waals surface area contributed by atoms with Crippen molar-refractivity contribution in [2.45, 2.75) is 24.1 Å². The zero-order chi connectivity index (χ0) is 20.9. The molecule has 1 saturated carbocycles.